The first-order valence-electron chi connectivity index (χ1n) is 6.89. The van der Waals surface area contributed by atoms with E-state index in [0.29, 0.717) is 23.0 Å². The first-order chi connectivity index (χ1) is 10.7. The molecule has 0 aliphatic rings. The molecule has 0 N–H and O–H groups in total. The summed E-state index contributed by atoms with van der Waals surface area (Å²) in [6.45, 7) is 1.82. The summed E-state index contributed by atoms with van der Waals surface area (Å²) in [4.78, 5) is 19.5. The van der Waals surface area contributed by atoms with Crippen molar-refractivity contribution in [2.75, 3.05) is 0 Å². The third-order valence-corrected chi connectivity index (χ3v) is 3.10. The molecule has 108 valence electrons. The first kappa shape index (κ1) is 13.9. The van der Waals surface area contributed by atoms with Crippen LogP contribution in [0.4, 0.5) is 0 Å². The van der Waals surface area contributed by atoms with Gasteiger partial charge < -0.3 is 4.74 Å². The Kier molecular flexibility index (Phi) is 3.92. The molecule has 0 saturated carbocycles. The summed E-state index contributed by atoms with van der Waals surface area (Å²) in [5, 5.41) is 0. The molecule has 4 heteroatoms. The molecule has 1 heterocycles. The lowest BCUT2D eigenvalue weighted by Crippen LogP contribution is -1.96. The van der Waals surface area contributed by atoms with Gasteiger partial charge in [-0.05, 0) is 19.1 Å². The monoisotopic (exact) mass is 290 g/mol. The minimum absolute atomic E-state index is 0.453. The summed E-state index contributed by atoms with van der Waals surface area (Å²) in [7, 11) is 0. The Morgan fingerprint density at radius 2 is 1.77 bits per heavy atom. The molecule has 0 amide bonds. The Bertz CT molecular complexity index is 801. The van der Waals surface area contributed by atoms with Crippen molar-refractivity contribution in [1.82, 2.24) is 9.97 Å². The molecule has 0 aliphatic carbocycles. The highest BCUT2D eigenvalue weighted by molar-refractivity contribution is 5.75. The van der Waals surface area contributed by atoms with Crippen LogP contribution in [0.15, 0.2) is 60.7 Å². The number of aryl methyl sites for hydroxylation is 1. The van der Waals surface area contributed by atoms with E-state index in [0.717, 1.165) is 17.5 Å². The Labute approximate surface area is 128 Å². The van der Waals surface area contributed by atoms with E-state index in [1.807, 2.05) is 37.3 Å². The fourth-order valence-corrected chi connectivity index (χ4v) is 2.12. The zero-order valence-corrected chi connectivity index (χ0v) is 12.1. The number of aromatic nitrogens is 2. The second-order valence-corrected chi connectivity index (χ2v) is 4.80. The van der Waals surface area contributed by atoms with E-state index in [4.69, 9.17) is 4.74 Å². The highest BCUT2D eigenvalue weighted by Gasteiger charge is 2.06. The van der Waals surface area contributed by atoms with Crippen LogP contribution in [-0.4, -0.2) is 16.3 Å². The topological polar surface area (TPSA) is 52.1 Å². The van der Waals surface area contributed by atoms with Crippen molar-refractivity contribution in [3.05, 3.63) is 72.1 Å². The Balaban J connectivity index is 1.94. The number of ether oxygens (including phenoxy) is 1. The quantitative estimate of drug-likeness (QED) is 0.680. The van der Waals surface area contributed by atoms with Crippen LogP contribution >= 0.6 is 0 Å². The smallest absolute Gasteiger partial charge is 0.223 e. The lowest BCUT2D eigenvalue weighted by atomic mass is 10.1. The van der Waals surface area contributed by atoms with Crippen LogP contribution in [0.3, 0.4) is 0 Å². The van der Waals surface area contributed by atoms with Gasteiger partial charge in [-0.1, -0.05) is 42.5 Å². The first-order valence-corrected chi connectivity index (χ1v) is 6.89. The minimum Gasteiger partial charge on any atom is -0.439 e. The normalized spacial score (nSPS) is 10.2. The fraction of sp³-hybridized carbons (Fsp3) is 0.0556. The number of benzene rings is 2. The van der Waals surface area contributed by atoms with E-state index in [1.54, 1.807) is 30.3 Å². The zero-order valence-electron chi connectivity index (χ0n) is 12.1. The summed E-state index contributed by atoms with van der Waals surface area (Å²) < 4.78 is 5.75. The highest BCUT2D eigenvalue weighted by atomic mass is 16.5. The average Bonchev–Trinajstić information content (AvgIpc) is 2.55. The van der Waals surface area contributed by atoms with Crippen molar-refractivity contribution in [1.29, 1.82) is 0 Å². The van der Waals surface area contributed by atoms with Crippen molar-refractivity contribution < 1.29 is 9.53 Å². The number of nitrogens with zero attached hydrogens (tertiary/aromatic N) is 2. The summed E-state index contributed by atoms with van der Waals surface area (Å²) >= 11 is 0. The van der Waals surface area contributed by atoms with Crippen LogP contribution in [-0.2, 0) is 0 Å². The van der Waals surface area contributed by atoms with E-state index < -0.39 is 0 Å². The molecule has 0 atom stereocenters. The maximum Gasteiger partial charge on any atom is 0.223 e. The van der Waals surface area contributed by atoms with Crippen LogP contribution in [0.2, 0.25) is 0 Å². The minimum atomic E-state index is 0.453. The molecule has 0 saturated heterocycles. The molecular formula is C18H14N2O2. The van der Waals surface area contributed by atoms with Gasteiger partial charge in [-0.3, -0.25) is 4.79 Å². The Morgan fingerprint density at radius 1 is 0.955 bits per heavy atom. The molecule has 1 aromatic heterocycles. The third-order valence-electron chi connectivity index (χ3n) is 3.10. The van der Waals surface area contributed by atoms with Crippen molar-refractivity contribution in [2.24, 2.45) is 0 Å². The van der Waals surface area contributed by atoms with Crippen LogP contribution in [0, 0.1) is 6.92 Å². The van der Waals surface area contributed by atoms with E-state index in [2.05, 4.69) is 9.97 Å². The van der Waals surface area contributed by atoms with Gasteiger partial charge in [-0.2, -0.15) is 4.98 Å². The molecule has 3 aromatic rings. The number of carbonyl (C=O) groups excluding carboxylic acids is 1. The molecule has 0 unspecified atom stereocenters. The summed E-state index contributed by atoms with van der Waals surface area (Å²) in [6, 6.07) is 18.6. The van der Waals surface area contributed by atoms with Crippen LogP contribution in [0.1, 0.15) is 16.2 Å². The SMILES string of the molecule is Cc1nc(Oc2cccc(C=O)c2)cc(-c2ccccc2)n1. The molecule has 22 heavy (non-hydrogen) atoms. The van der Waals surface area contributed by atoms with Gasteiger partial charge in [0.25, 0.3) is 0 Å². The average molecular weight is 290 g/mol. The zero-order chi connectivity index (χ0) is 15.4. The van der Waals surface area contributed by atoms with E-state index in [-0.39, 0.29) is 0 Å². The van der Waals surface area contributed by atoms with Crippen molar-refractivity contribution in [3.63, 3.8) is 0 Å². The van der Waals surface area contributed by atoms with Gasteiger partial charge in [0.15, 0.2) is 0 Å². The second kappa shape index (κ2) is 6.18. The molecule has 0 bridgehead atoms. The highest BCUT2D eigenvalue weighted by Crippen LogP contribution is 2.25. The van der Waals surface area contributed by atoms with Crippen LogP contribution in [0.25, 0.3) is 11.3 Å². The molecule has 3 rings (SSSR count). The fourth-order valence-electron chi connectivity index (χ4n) is 2.12. The molecule has 0 fully saturated rings. The molecule has 4 nitrogen and oxygen atoms in total. The molecular weight excluding hydrogens is 276 g/mol. The number of aldehydes is 1. The van der Waals surface area contributed by atoms with Crippen molar-refractivity contribution >= 4 is 6.29 Å². The van der Waals surface area contributed by atoms with Crippen molar-refractivity contribution in [3.8, 4) is 22.9 Å². The largest absolute Gasteiger partial charge is 0.439 e. The predicted molar refractivity (Wildman–Crippen MR) is 84.1 cm³/mol. The van der Waals surface area contributed by atoms with Gasteiger partial charge >= 0.3 is 0 Å². The van der Waals surface area contributed by atoms with Gasteiger partial charge in [0, 0.05) is 17.2 Å². The number of hydrogen-bond donors (Lipinski definition) is 0. The predicted octanol–water partition coefficient (Wildman–Crippen LogP) is 4.06. The Hall–Kier alpha value is -3.01. The van der Waals surface area contributed by atoms with Gasteiger partial charge in [0.05, 0.1) is 5.69 Å². The molecule has 0 aliphatic heterocycles. The van der Waals surface area contributed by atoms with Gasteiger partial charge in [0.1, 0.15) is 17.9 Å². The summed E-state index contributed by atoms with van der Waals surface area (Å²) in [5.74, 6) is 1.65. The summed E-state index contributed by atoms with van der Waals surface area (Å²) in [5.41, 5.74) is 2.36. The number of hydrogen-bond acceptors (Lipinski definition) is 4. The molecule has 0 spiro atoms. The molecule has 0 radical (unpaired) electrons. The van der Waals surface area contributed by atoms with E-state index in [1.165, 1.54) is 0 Å². The maximum absolute atomic E-state index is 10.8. The maximum atomic E-state index is 10.8. The third kappa shape index (κ3) is 3.17. The van der Waals surface area contributed by atoms with Gasteiger partial charge in [-0.25, -0.2) is 4.98 Å². The number of rotatable bonds is 4. The van der Waals surface area contributed by atoms with E-state index in [9.17, 15) is 4.79 Å². The van der Waals surface area contributed by atoms with Gasteiger partial charge in [0.2, 0.25) is 5.88 Å². The lowest BCUT2D eigenvalue weighted by Gasteiger charge is -2.08. The lowest BCUT2D eigenvalue weighted by molar-refractivity contribution is 0.112. The van der Waals surface area contributed by atoms with Crippen LogP contribution < -0.4 is 4.74 Å². The van der Waals surface area contributed by atoms with E-state index >= 15 is 0 Å². The number of carbonyl (C=O) groups is 1. The standard InChI is InChI=1S/C18H14N2O2/c1-13-19-17(15-7-3-2-4-8-15)11-18(20-13)22-16-9-5-6-14(10-16)12-21/h2-12H,1H3. The molecule has 2 aromatic carbocycles. The van der Waals surface area contributed by atoms with Crippen molar-refractivity contribution in [2.45, 2.75) is 6.92 Å². The summed E-state index contributed by atoms with van der Waals surface area (Å²) in [6.07, 6.45) is 0.785. The van der Waals surface area contributed by atoms with Gasteiger partial charge in [-0.15, -0.1) is 0 Å². The Morgan fingerprint density at radius 3 is 2.55 bits per heavy atom. The second-order valence-electron chi connectivity index (χ2n) is 4.80. The van der Waals surface area contributed by atoms with Crippen LogP contribution in [0.5, 0.6) is 11.6 Å².